The smallest absolute Gasteiger partial charge is 0.0627 e. The van der Waals surface area contributed by atoms with Crippen molar-refractivity contribution in [2.75, 3.05) is 7.11 Å². The molecule has 0 unspecified atom stereocenters. The lowest BCUT2D eigenvalue weighted by Crippen LogP contribution is -2.28. The van der Waals surface area contributed by atoms with E-state index >= 15 is 0 Å². The van der Waals surface area contributed by atoms with Crippen molar-refractivity contribution in [3.8, 4) is 0 Å². The van der Waals surface area contributed by atoms with E-state index in [9.17, 15) is 0 Å². The largest absolute Gasteiger partial charge is 0.379 e. The van der Waals surface area contributed by atoms with Gasteiger partial charge >= 0.3 is 0 Å². The van der Waals surface area contributed by atoms with Crippen molar-refractivity contribution in [1.82, 2.24) is 0 Å². The Hall–Kier alpha value is -0.0400. The van der Waals surface area contributed by atoms with Crippen molar-refractivity contribution in [2.45, 2.75) is 54.1 Å². The molecular weight excluding hydrogens is 136 g/mol. The molecular formula is C10H24O. The van der Waals surface area contributed by atoms with Crippen LogP contribution in [-0.2, 0) is 4.74 Å². The van der Waals surface area contributed by atoms with Crippen molar-refractivity contribution in [3.05, 3.63) is 0 Å². The predicted molar refractivity (Wildman–Crippen MR) is 51.9 cm³/mol. The van der Waals surface area contributed by atoms with Gasteiger partial charge in [0.25, 0.3) is 0 Å². The topological polar surface area (TPSA) is 9.23 Å². The van der Waals surface area contributed by atoms with Crippen LogP contribution < -0.4 is 0 Å². The fraction of sp³-hybridized carbons (Fsp3) is 1.00. The first-order valence-electron chi connectivity index (χ1n) is 3.82. The van der Waals surface area contributed by atoms with E-state index in [2.05, 4.69) is 34.6 Å². The van der Waals surface area contributed by atoms with Crippen LogP contribution in [-0.4, -0.2) is 12.7 Å². The highest BCUT2D eigenvalue weighted by Crippen LogP contribution is 2.28. The second kappa shape index (κ2) is 4.10. The van der Waals surface area contributed by atoms with Gasteiger partial charge in [0, 0.05) is 7.11 Å². The molecule has 0 bridgehead atoms. The second-order valence-electron chi connectivity index (χ2n) is 4.70. The Morgan fingerprint density at radius 3 is 1.45 bits per heavy atom. The molecule has 0 aliphatic rings. The molecule has 0 atom stereocenters. The molecule has 1 heteroatoms. The fourth-order valence-corrected chi connectivity index (χ4v) is 1.35. The third-order valence-electron chi connectivity index (χ3n) is 1.51. The van der Waals surface area contributed by atoms with Gasteiger partial charge in [0.05, 0.1) is 5.60 Å². The van der Waals surface area contributed by atoms with E-state index in [-0.39, 0.29) is 13.0 Å². The molecule has 0 rings (SSSR count). The molecule has 0 aromatic rings. The highest BCUT2D eigenvalue weighted by atomic mass is 16.5. The van der Waals surface area contributed by atoms with Crippen LogP contribution in [0, 0.1) is 5.41 Å². The Kier molecular flexibility index (Phi) is 5.05. The number of ether oxygens (including phenoxy) is 1. The summed E-state index contributed by atoms with van der Waals surface area (Å²) >= 11 is 0. The summed E-state index contributed by atoms with van der Waals surface area (Å²) < 4.78 is 5.31. The minimum atomic E-state index is 0. The predicted octanol–water partition coefficient (Wildman–Crippen LogP) is 3.48. The van der Waals surface area contributed by atoms with E-state index in [1.807, 2.05) is 0 Å². The maximum atomic E-state index is 5.31. The summed E-state index contributed by atoms with van der Waals surface area (Å²) in [6.07, 6.45) is 1.09. The molecule has 70 valence electrons. The highest BCUT2D eigenvalue weighted by Gasteiger charge is 2.24. The molecule has 0 saturated heterocycles. The summed E-state index contributed by atoms with van der Waals surface area (Å²) in [5.74, 6) is 0. The Morgan fingerprint density at radius 2 is 1.36 bits per heavy atom. The van der Waals surface area contributed by atoms with Gasteiger partial charge in [-0.05, 0) is 25.7 Å². The van der Waals surface area contributed by atoms with Crippen molar-refractivity contribution in [2.24, 2.45) is 5.41 Å². The molecule has 0 aliphatic carbocycles. The van der Waals surface area contributed by atoms with Gasteiger partial charge in [-0.1, -0.05) is 28.2 Å². The van der Waals surface area contributed by atoms with Crippen molar-refractivity contribution in [3.63, 3.8) is 0 Å². The third kappa shape index (κ3) is 7.86. The zero-order chi connectivity index (χ0) is 8.41. The van der Waals surface area contributed by atoms with E-state index in [0.717, 1.165) is 6.42 Å². The minimum absolute atomic E-state index is 0. The van der Waals surface area contributed by atoms with Gasteiger partial charge in [0.2, 0.25) is 0 Å². The van der Waals surface area contributed by atoms with Crippen LogP contribution in [0.3, 0.4) is 0 Å². The highest BCUT2D eigenvalue weighted by molar-refractivity contribution is 4.76. The summed E-state index contributed by atoms with van der Waals surface area (Å²) in [5.41, 5.74) is 0.387. The van der Waals surface area contributed by atoms with Gasteiger partial charge in [-0.2, -0.15) is 0 Å². The van der Waals surface area contributed by atoms with Crippen molar-refractivity contribution in [1.29, 1.82) is 0 Å². The van der Waals surface area contributed by atoms with Crippen LogP contribution in [0.15, 0.2) is 0 Å². The van der Waals surface area contributed by atoms with E-state index < -0.39 is 0 Å². The zero-order valence-electron chi connectivity index (χ0n) is 8.12. The normalized spacial score (nSPS) is 12.5. The summed E-state index contributed by atoms with van der Waals surface area (Å²) in [5, 5.41) is 0. The molecule has 11 heavy (non-hydrogen) atoms. The van der Waals surface area contributed by atoms with Crippen LogP contribution in [0.4, 0.5) is 0 Å². The standard InChI is InChI=1S/C9H20O.CH4/c1-8(2,3)7-9(4,5)10-6;/h7H2,1-6H3;1H4. The first kappa shape index (κ1) is 13.5. The van der Waals surface area contributed by atoms with Crippen molar-refractivity contribution < 1.29 is 4.74 Å². The molecule has 0 aromatic carbocycles. The second-order valence-corrected chi connectivity index (χ2v) is 4.70. The maximum Gasteiger partial charge on any atom is 0.0627 e. The monoisotopic (exact) mass is 160 g/mol. The molecule has 0 heterocycles. The lowest BCUT2D eigenvalue weighted by molar-refractivity contribution is -0.00934. The minimum Gasteiger partial charge on any atom is -0.379 e. The van der Waals surface area contributed by atoms with Gasteiger partial charge in [-0.15, -0.1) is 0 Å². The fourth-order valence-electron chi connectivity index (χ4n) is 1.35. The average molecular weight is 160 g/mol. The Balaban J connectivity index is 0. The van der Waals surface area contributed by atoms with Crippen LogP contribution >= 0.6 is 0 Å². The zero-order valence-corrected chi connectivity index (χ0v) is 8.12. The maximum absolute atomic E-state index is 5.31. The molecule has 0 spiro atoms. The first-order chi connectivity index (χ1) is 4.27. The van der Waals surface area contributed by atoms with Crippen LogP contribution in [0.1, 0.15) is 48.5 Å². The van der Waals surface area contributed by atoms with Gasteiger partial charge in [-0.25, -0.2) is 0 Å². The van der Waals surface area contributed by atoms with Gasteiger partial charge < -0.3 is 4.74 Å². The van der Waals surface area contributed by atoms with Gasteiger partial charge in [0.1, 0.15) is 0 Å². The molecule has 0 N–H and O–H groups in total. The summed E-state index contributed by atoms with van der Waals surface area (Å²) in [6.45, 7) is 10.9. The SMILES string of the molecule is C.COC(C)(C)CC(C)(C)C. The number of methoxy groups -OCH3 is 1. The summed E-state index contributed by atoms with van der Waals surface area (Å²) in [6, 6.07) is 0. The average Bonchev–Trinajstić information content (AvgIpc) is 1.60. The molecule has 1 nitrogen and oxygen atoms in total. The number of hydrogen-bond donors (Lipinski definition) is 0. The molecule has 0 radical (unpaired) electrons. The Morgan fingerprint density at radius 1 is 1.00 bits per heavy atom. The molecule has 0 aromatic heterocycles. The number of hydrogen-bond acceptors (Lipinski definition) is 1. The molecule has 0 fully saturated rings. The quantitative estimate of drug-likeness (QED) is 0.601. The lowest BCUT2D eigenvalue weighted by atomic mass is 9.84. The molecule has 0 aliphatic heterocycles. The van der Waals surface area contributed by atoms with E-state index in [1.165, 1.54) is 0 Å². The first-order valence-corrected chi connectivity index (χ1v) is 3.82. The van der Waals surface area contributed by atoms with Crippen LogP contribution in [0.25, 0.3) is 0 Å². The van der Waals surface area contributed by atoms with Crippen LogP contribution in [0.2, 0.25) is 0 Å². The lowest BCUT2D eigenvalue weighted by Gasteiger charge is -2.30. The van der Waals surface area contributed by atoms with Crippen molar-refractivity contribution >= 4 is 0 Å². The molecule has 0 amide bonds. The number of rotatable bonds is 2. The molecule has 0 saturated carbocycles. The van der Waals surface area contributed by atoms with Gasteiger partial charge in [-0.3, -0.25) is 0 Å². The van der Waals surface area contributed by atoms with E-state index in [1.54, 1.807) is 7.11 Å². The Labute approximate surface area is 72.1 Å². The van der Waals surface area contributed by atoms with Gasteiger partial charge in [0.15, 0.2) is 0 Å². The summed E-state index contributed by atoms with van der Waals surface area (Å²) in [7, 11) is 1.77. The van der Waals surface area contributed by atoms with E-state index in [0.29, 0.717) is 5.41 Å². The third-order valence-corrected chi connectivity index (χ3v) is 1.51. The van der Waals surface area contributed by atoms with E-state index in [4.69, 9.17) is 4.74 Å². The Bertz CT molecular complexity index is 97.9. The summed E-state index contributed by atoms with van der Waals surface area (Å²) in [4.78, 5) is 0. The van der Waals surface area contributed by atoms with Crippen LogP contribution in [0.5, 0.6) is 0 Å².